The number of carbonyl (C=O) groups excluding carboxylic acids is 1. The van der Waals surface area contributed by atoms with Crippen molar-refractivity contribution in [3.63, 3.8) is 0 Å². The third-order valence-electron chi connectivity index (χ3n) is 3.45. The number of fused-ring (bicyclic) bond motifs is 1. The third kappa shape index (κ3) is 1.63. The molecule has 1 fully saturated rings. The molecule has 1 aliphatic rings. The molecule has 1 saturated heterocycles. The molecule has 18 heavy (non-hydrogen) atoms. The number of hydrogen-bond donors (Lipinski definition) is 1. The highest BCUT2D eigenvalue weighted by molar-refractivity contribution is 5.87. The summed E-state index contributed by atoms with van der Waals surface area (Å²) in [7, 11) is 0. The molecule has 1 N–H and O–H groups in total. The zero-order valence-electron chi connectivity index (χ0n) is 10.4. The van der Waals surface area contributed by atoms with E-state index in [1.54, 1.807) is 0 Å². The molecule has 3 rings (SSSR count). The molecule has 1 aliphatic heterocycles. The summed E-state index contributed by atoms with van der Waals surface area (Å²) in [5.74, 6) is 0. The van der Waals surface area contributed by atoms with Gasteiger partial charge in [-0.25, -0.2) is 4.79 Å². The quantitative estimate of drug-likeness (QED) is 0.831. The van der Waals surface area contributed by atoms with Crippen molar-refractivity contribution in [3.8, 4) is 0 Å². The van der Waals surface area contributed by atoms with E-state index >= 15 is 0 Å². The highest BCUT2D eigenvalue weighted by Gasteiger charge is 2.42. The molecule has 0 radical (unpaired) electrons. The topological polar surface area (TPSA) is 38.3 Å². The number of amides is 1. The minimum Gasteiger partial charge on any atom is -0.441 e. The van der Waals surface area contributed by atoms with E-state index in [9.17, 15) is 4.79 Å². The third-order valence-corrected chi connectivity index (χ3v) is 3.45. The molecule has 2 aromatic rings. The van der Waals surface area contributed by atoms with Gasteiger partial charge in [0.25, 0.3) is 0 Å². The van der Waals surface area contributed by atoms with E-state index in [-0.39, 0.29) is 12.1 Å². The number of rotatable bonds is 1. The highest BCUT2D eigenvalue weighted by atomic mass is 16.6. The van der Waals surface area contributed by atoms with Crippen molar-refractivity contribution in [3.05, 3.63) is 48.0 Å². The predicted molar refractivity (Wildman–Crippen MR) is 70.4 cm³/mol. The van der Waals surface area contributed by atoms with Gasteiger partial charge in [-0.1, -0.05) is 42.5 Å². The molecular weight excluding hydrogens is 226 g/mol. The van der Waals surface area contributed by atoms with Gasteiger partial charge < -0.3 is 10.1 Å². The van der Waals surface area contributed by atoms with Gasteiger partial charge in [0.15, 0.2) is 0 Å². The van der Waals surface area contributed by atoms with Crippen LogP contribution in [-0.4, -0.2) is 11.7 Å². The van der Waals surface area contributed by atoms with Crippen LogP contribution in [0.4, 0.5) is 4.79 Å². The number of ether oxygens (including phenoxy) is 1. The van der Waals surface area contributed by atoms with Crippen molar-refractivity contribution in [2.75, 3.05) is 0 Å². The summed E-state index contributed by atoms with van der Waals surface area (Å²) >= 11 is 0. The van der Waals surface area contributed by atoms with Gasteiger partial charge in [0.05, 0.1) is 6.04 Å². The number of alkyl carbamates (subject to hydrolysis) is 1. The minimum absolute atomic E-state index is 0.115. The van der Waals surface area contributed by atoms with E-state index in [2.05, 4.69) is 23.5 Å². The summed E-state index contributed by atoms with van der Waals surface area (Å²) in [6, 6.07) is 14.2. The Hall–Kier alpha value is -2.03. The van der Waals surface area contributed by atoms with E-state index in [1.165, 1.54) is 5.39 Å². The molecule has 0 saturated carbocycles. The highest BCUT2D eigenvalue weighted by Crippen LogP contribution is 2.36. The SMILES string of the molecule is CC1(C)OC(=O)N[C@H]1c1cccc2ccccc12. The molecule has 1 heterocycles. The number of carbonyl (C=O) groups is 1. The monoisotopic (exact) mass is 241 g/mol. The van der Waals surface area contributed by atoms with Gasteiger partial charge in [0.2, 0.25) is 0 Å². The maximum Gasteiger partial charge on any atom is 0.408 e. The second-order valence-corrected chi connectivity index (χ2v) is 5.14. The summed E-state index contributed by atoms with van der Waals surface area (Å²) in [6.45, 7) is 3.86. The largest absolute Gasteiger partial charge is 0.441 e. The second-order valence-electron chi connectivity index (χ2n) is 5.14. The van der Waals surface area contributed by atoms with Crippen LogP contribution in [0.3, 0.4) is 0 Å². The minimum atomic E-state index is -0.527. The van der Waals surface area contributed by atoms with Crippen LogP contribution >= 0.6 is 0 Å². The average Bonchev–Trinajstić information content (AvgIpc) is 2.61. The van der Waals surface area contributed by atoms with Gasteiger partial charge in [0, 0.05) is 0 Å². The zero-order chi connectivity index (χ0) is 12.8. The maximum absolute atomic E-state index is 11.4. The Bertz CT molecular complexity index is 613. The van der Waals surface area contributed by atoms with Crippen molar-refractivity contribution in [2.45, 2.75) is 25.5 Å². The normalized spacial score (nSPS) is 21.7. The molecule has 0 aromatic heterocycles. The lowest BCUT2D eigenvalue weighted by Crippen LogP contribution is -2.30. The van der Waals surface area contributed by atoms with E-state index in [0.717, 1.165) is 10.9 Å². The first-order chi connectivity index (χ1) is 8.58. The smallest absolute Gasteiger partial charge is 0.408 e. The van der Waals surface area contributed by atoms with Gasteiger partial charge in [-0.3, -0.25) is 0 Å². The van der Waals surface area contributed by atoms with Gasteiger partial charge in [0.1, 0.15) is 5.60 Å². The number of nitrogens with one attached hydrogen (secondary N) is 1. The van der Waals surface area contributed by atoms with Crippen LogP contribution in [0.5, 0.6) is 0 Å². The zero-order valence-corrected chi connectivity index (χ0v) is 10.4. The lowest BCUT2D eigenvalue weighted by Gasteiger charge is -2.24. The van der Waals surface area contributed by atoms with Gasteiger partial charge >= 0.3 is 6.09 Å². The second kappa shape index (κ2) is 3.73. The molecule has 1 atom stereocenters. The molecule has 0 bridgehead atoms. The molecule has 0 unspecified atom stereocenters. The van der Waals surface area contributed by atoms with Crippen LogP contribution in [0.2, 0.25) is 0 Å². The fraction of sp³-hybridized carbons (Fsp3) is 0.267. The molecule has 3 heteroatoms. The van der Waals surface area contributed by atoms with Crippen molar-refractivity contribution >= 4 is 16.9 Å². The average molecular weight is 241 g/mol. The lowest BCUT2D eigenvalue weighted by molar-refractivity contribution is 0.0686. The Kier molecular flexibility index (Phi) is 2.30. The Balaban J connectivity index is 2.18. The van der Waals surface area contributed by atoms with Crippen LogP contribution in [0.25, 0.3) is 10.8 Å². The summed E-state index contributed by atoms with van der Waals surface area (Å²) < 4.78 is 5.31. The Morgan fingerprint density at radius 3 is 2.56 bits per heavy atom. The lowest BCUT2D eigenvalue weighted by atomic mass is 9.89. The molecule has 0 spiro atoms. The van der Waals surface area contributed by atoms with E-state index in [0.29, 0.717) is 0 Å². The summed E-state index contributed by atoms with van der Waals surface area (Å²) in [4.78, 5) is 11.4. The van der Waals surface area contributed by atoms with Crippen molar-refractivity contribution in [2.24, 2.45) is 0 Å². The predicted octanol–water partition coefficient (Wildman–Crippen LogP) is 3.40. The van der Waals surface area contributed by atoms with Crippen molar-refractivity contribution in [1.82, 2.24) is 5.32 Å². The summed E-state index contributed by atoms with van der Waals surface area (Å²) in [5, 5.41) is 5.22. The summed E-state index contributed by atoms with van der Waals surface area (Å²) in [6.07, 6.45) is -0.349. The first kappa shape index (κ1) is 11.1. The summed E-state index contributed by atoms with van der Waals surface area (Å²) in [5.41, 5.74) is 0.574. The first-order valence-corrected chi connectivity index (χ1v) is 6.05. The van der Waals surface area contributed by atoms with Gasteiger partial charge in [-0.05, 0) is 30.2 Å². The van der Waals surface area contributed by atoms with E-state index in [4.69, 9.17) is 4.74 Å². The molecule has 2 aromatic carbocycles. The fourth-order valence-corrected chi connectivity index (χ4v) is 2.57. The maximum atomic E-state index is 11.4. The number of cyclic esters (lactones) is 1. The standard InChI is InChI=1S/C15H15NO2/c1-15(2)13(16-14(17)18-15)12-9-5-7-10-6-3-4-8-11(10)12/h3-9,13H,1-2H3,(H,16,17)/t13-/m0/s1. The molecule has 92 valence electrons. The Labute approximate surface area is 106 Å². The number of benzene rings is 2. The molecule has 3 nitrogen and oxygen atoms in total. The fourth-order valence-electron chi connectivity index (χ4n) is 2.57. The van der Waals surface area contributed by atoms with Crippen molar-refractivity contribution < 1.29 is 9.53 Å². The van der Waals surface area contributed by atoms with Crippen LogP contribution in [-0.2, 0) is 4.74 Å². The number of hydrogen-bond acceptors (Lipinski definition) is 2. The van der Waals surface area contributed by atoms with Crippen LogP contribution in [0.1, 0.15) is 25.5 Å². The van der Waals surface area contributed by atoms with Gasteiger partial charge in [-0.2, -0.15) is 0 Å². The molecular formula is C15H15NO2. The Morgan fingerprint density at radius 2 is 1.83 bits per heavy atom. The van der Waals surface area contributed by atoms with E-state index in [1.807, 2.05) is 38.1 Å². The van der Waals surface area contributed by atoms with Crippen molar-refractivity contribution in [1.29, 1.82) is 0 Å². The van der Waals surface area contributed by atoms with Crippen LogP contribution in [0.15, 0.2) is 42.5 Å². The Morgan fingerprint density at radius 1 is 1.11 bits per heavy atom. The van der Waals surface area contributed by atoms with Crippen LogP contribution in [0, 0.1) is 0 Å². The van der Waals surface area contributed by atoms with E-state index < -0.39 is 5.60 Å². The van der Waals surface area contributed by atoms with Gasteiger partial charge in [-0.15, -0.1) is 0 Å². The molecule has 1 amide bonds. The molecule has 0 aliphatic carbocycles. The van der Waals surface area contributed by atoms with Crippen LogP contribution < -0.4 is 5.32 Å². The first-order valence-electron chi connectivity index (χ1n) is 6.05.